The zero-order chi connectivity index (χ0) is 23.5. The van der Waals surface area contributed by atoms with Crippen LogP contribution < -0.4 is 15.0 Å². The second kappa shape index (κ2) is 10.7. The summed E-state index contributed by atoms with van der Waals surface area (Å²) in [5, 5.41) is 34.3. The highest BCUT2D eigenvalue weighted by Gasteiger charge is 2.27. The van der Waals surface area contributed by atoms with Gasteiger partial charge in [0.25, 0.3) is 5.69 Å². The quantitative estimate of drug-likeness (QED) is 0.349. The van der Waals surface area contributed by atoms with Crippen molar-refractivity contribution in [2.45, 2.75) is 19.4 Å². The Hall–Kier alpha value is -3.37. The lowest BCUT2D eigenvalue weighted by Crippen LogP contribution is -2.37. The Morgan fingerprint density at radius 3 is 2.59 bits per heavy atom. The molecule has 2 heterocycles. The number of anilines is 2. The Morgan fingerprint density at radius 2 is 1.97 bits per heavy atom. The normalized spacial score (nSPS) is 13.9. The first kappa shape index (κ1) is 25.3. The summed E-state index contributed by atoms with van der Waals surface area (Å²) < 4.78 is 5.17. The number of nitro groups is 1. The van der Waals surface area contributed by atoms with Crippen molar-refractivity contribution >= 4 is 58.1 Å². The fourth-order valence-corrected chi connectivity index (χ4v) is 4.23. The van der Waals surface area contributed by atoms with Gasteiger partial charge in [-0.25, -0.2) is 0 Å². The van der Waals surface area contributed by atoms with Gasteiger partial charge < -0.3 is 20.1 Å². The van der Waals surface area contributed by atoms with Gasteiger partial charge in [0.1, 0.15) is 5.75 Å². The van der Waals surface area contributed by atoms with Crippen molar-refractivity contribution in [3.05, 3.63) is 57.1 Å². The van der Waals surface area contributed by atoms with E-state index >= 15 is 0 Å². The van der Waals surface area contributed by atoms with E-state index in [1.165, 1.54) is 12.1 Å². The molecule has 0 aliphatic carbocycles. The molecular formula is C22H23Cl2N5O5. The third kappa shape index (κ3) is 5.23. The predicted molar refractivity (Wildman–Crippen MR) is 131 cm³/mol. The largest absolute Gasteiger partial charge is 0.495 e. The van der Waals surface area contributed by atoms with Crippen molar-refractivity contribution in [2.75, 3.05) is 30.4 Å². The second-order valence-electron chi connectivity index (χ2n) is 7.78. The summed E-state index contributed by atoms with van der Waals surface area (Å²) in [5.74, 6) is 0.391. The van der Waals surface area contributed by atoms with Gasteiger partial charge in [0.15, 0.2) is 11.6 Å². The third-order valence-electron chi connectivity index (χ3n) is 5.77. The number of carboxylic acids is 1. The van der Waals surface area contributed by atoms with Crippen LogP contribution in [0.3, 0.4) is 0 Å². The number of halogens is 2. The Kier molecular flexibility index (Phi) is 7.95. The fraction of sp³-hybridized carbons (Fsp3) is 0.318. The molecule has 0 bridgehead atoms. The minimum absolute atomic E-state index is 0. The van der Waals surface area contributed by atoms with Gasteiger partial charge in [-0.3, -0.25) is 14.9 Å². The number of carbonyl (C=O) groups is 1. The smallest absolute Gasteiger partial charge is 0.306 e. The second-order valence-corrected chi connectivity index (χ2v) is 8.19. The summed E-state index contributed by atoms with van der Waals surface area (Å²) in [5.41, 5.74) is 0.822. The highest BCUT2D eigenvalue weighted by molar-refractivity contribution is 6.32. The molecule has 12 heteroatoms. The molecule has 0 atom stereocenters. The van der Waals surface area contributed by atoms with Crippen molar-refractivity contribution in [1.82, 2.24) is 10.2 Å². The summed E-state index contributed by atoms with van der Waals surface area (Å²) in [4.78, 5) is 24.2. The zero-order valence-corrected chi connectivity index (χ0v) is 19.8. The molecule has 10 nitrogen and oxygen atoms in total. The van der Waals surface area contributed by atoms with Gasteiger partial charge in [-0.2, -0.15) is 0 Å². The molecule has 1 fully saturated rings. The number of carboxylic acid groups (broad SMARTS) is 1. The Bertz CT molecular complexity index is 1220. The van der Waals surface area contributed by atoms with Gasteiger partial charge in [-0.15, -0.1) is 22.6 Å². The van der Waals surface area contributed by atoms with Crippen LogP contribution in [0.5, 0.6) is 5.75 Å². The predicted octanol–water partition coefficient (Wildman–Crippen LogP) is 4.53. The monoisotopic (exact) mass is 507 g/mol. The summed E-state index contributed by atoms with van der Waals surface area (Å²) in [6.07, 6.45) is 1.01. The Labute approximate surface area is 206 Å². The number of nitro benzene ring substituents is 1. The van der Waals surface area contributed by atoms with E-state index in [1.807, 2.05) is 11.0 Å². The van der Waals surface area contributed by atoms with Crippen molar-refractivity contribution in [2.24, 2.45) is 5.92 Å². The van der Waals surface area contributed by atoms with Crippen molar-refractivity contribution in [3.63, 3.8) is 0 Å². The molecule has 0 saturated carbocycles. The number of nitrogens with zero attached hydrogens (tertiary/aromatic N) is 4. The van der Waals surface area contributed by atoms with Crippen LogP contribution in [0.4, 0.5) is 17.3 Å². The topological polar surface area (TPSA) is 131 Å². The van der Waals surface area contributed by atoms with Crippen LogP contribution in [0.2, 0.25) is 5.02 Å². The molecule has 1 aromatic heterocycles. The summed E-state index contributed by atoms with van der Waals surface area (Å²) in [7, 11) is 1.54. The molecule has 2 N–H and O–H groups in total. The molecule has 0 amide bonds. The van der Waals surface area contributed by atoms with Crippen LogP contribution in [0.25, 0.3) is 10.8 Å². The molecule has 3 aromatic rings. The van der Waals surface area contributed by atoms with Gasteiger partial charge in [-0.1, -0.05) is 17.7 Å². The zero-order valence-electron chi connectivity index (χ0n) is 18.2. The molecule has 0 spiro atoms. The van der Waals surface area contributed by atoms with Crippen LogP contribution >= 0.6 is 24.0 Å². The third-order valence-corrected chi connectivity index (χ3v) is 6.07. The molecular weight excluding hydrogens is 485 g/mol. The first-order valence-electron chi connectivity index (χ1n) is 10.4. The Balaban J connectivity index is 0.00000324. The lowest BCUT2D eigenvalue weighted by Gasteiger charge is -2.31. The van der Waals surface area contributed by atoms with Gasteiger partial charge in [0.05, 0.1) is 23.0 Å². The SMILES string of the molecule is COc1ccc(CNc2nnc(N3CCC(C(=O)O)CC3)c3ccc([N+](=O)[O-])cc23)cc1Cl.Cl. The maximum Gasteiger partial charge on any atom is 0.306 e. The average Bonchev–Trinajstić information content (AvgIpc) is 2.82. The molecule has 1 aliphatic heterocycles. The molecule has 0 unspecified atom stereocenters. The van der Waals surface area contributed by atoms with Gasteiger partial charge in [0, 0.05) is 42.5 Å². The number of benzene rings is 2. The standard InChI is InChI=1S/C22H22ClN5O5.ClH/c1-33-19-5-2-13(10-18(19)23)12-24-20-17-11-15(28(31)32)3-4-16(17)21(26-25-20)27-8-6-14(7-9-27)22(29)30;/h2-5,10-11,14H,6-9,12H2,1H3,(H,24,25)(H,29,30);1H. The number of methoxy groups -OCH3 is 1. The number of hydrogen-bond donors (Lipinski definition) is 2. The van der Waals surface area contributed by atoms with E-state index in [4.69, 9.17) is 16.3 Å². The first-order chi connectivity index (χ1) is 15.9. The van der Waals surface area contributed by atoms with Crippen LogP contribution in [0, 0.1) is 16.0 Å². The van der Waals surface area contributed by atoms with Gasteiger partial charge in [0.2, 0.25) is 0 Å². The molecule has 0 radical (unpaired) electrons. The van der Waals surface area contributed by atoms with E-state index in [0.29, 0.717) is 65.7 Å². The van der Waals surface area contributed by atoms with Crippen molar-refractivity contribution in [1.29, 1.82) is 0 Å². The number of hydrogen-bond acceptors (Lipinski definition) is 8. The van der Waals surface area contributed by atoms with Gasteiger partial charge >= 0.3 is 5.97 Å². The van der Waals surface area contributed by atoms with E-state index in [9.17, 15) is 20.0 Å². The summed E-state index contributed by atoms with van der Waals surface area (Å²) in [6, 6.07) is 9.96. The number of nitrogens with one attached hydrogen (secondary N) is 1. The maximum absolute atomic E-state index is 11.4. The molecule has 4 rings (SSSR count). The number of ether oxygens (including phenoxy) is 1. The Morgan fingerprint density at radius 1 is 1.24 bits per heavy atom. The molecule has 1 aliphatic rings. The van der Waals surface area contributed by atoms with E-state index in [0.717, 1.165) is 5.56 Å². The van der Waals surface area contributed by atoms with Crippen molar-refractivity contribution in [3.8, 4) is 5.75 Å². The highest BCUT2D eigenvalue weighted by atomic mass is 35.5. The number of non-ortho nitro benzene ring substituents is 1. The van der Waals surface area contributed by atoms with E-state index in [-0.39, 0.29) is 24.0 Å². The summed E-state index contributed by atoms with van der Waals surface area (Å²) in [6.45, 7) is 1.42. The number of aromatic nitrogens is 2. The van der Waals surface area contributed by atoms with E-state index in [1.54, 1.807) is 25.3 Å². The van der Waals surface area contributed by atoms with Crippen molar-refractivity contribution < 1.29 is 19.6 Å². The highest BCUT2D eigenvalue weighted by Crippen LogP contribution is 2.34. The minimum Gasteiger partial charge on any atom is -0.495 e. The molecule has 2 aromatic carbocycles. The van der Waals surface area contributed by atoms with Crippen LogP contribution in [0.1, 0.15) is 18.4 Å². The lowest BCUT2D eigenvalue weighted by atomic mass is 9.97. The van der Waals surface area contributed by atoms with Crippen LogP contribution in [0.15, 0.2) is 36.4 Å². The number of rotatable bonds is 7. The average molecular weight is 508 g/mol. The van der Waals surface area contributed by atoms with Gasteiger partial charge in [-0.05, 0) is 36.6 Å². The fourth-order valence-electron chi connectivity index (χ4n) is 3.95. The molecule has 34 heavy (non-hydrogen) atoms. The maximum atomic E-state index is 11.4. The lowest BCUT2D eigenvalue weighted by molar-refractivity contribution is -0.384. The number of fused-ring (bicyclic) bond motifs is 1. The number of piperidine rings is 1. The molecule has 1 saturated heterocycles. The van der Waals surface area contributed by atoms with E-state index in [2.05, 4.69) is 15.5 Å². The first-order valence-corrected chi connectivity index (χ1v) is 10.7. The summed E-state index contributed by atoms with van der Waals surface area (Å²) >= 11 is 6.20. The minimum atomic E-state index is -0.792. The van der Waals surface area contributed by atoms with Crippen LogP contribution in [-0.2, 0) is 11.3 Å². The molecule has 180 valence electrons. The van der Waals surface area contributed by atoms with Crippen LogP contribution in [-0.4, -0.2) is 46.4 Å². The number of aliphatic carboxylic acids is 1. The van der Waals surface area contributed by atoms with E-state index < -0.39 is 10.9 Å².